The van der Waals surface area contributed by atoms with Crippen LogP contribution in [0, 0.1) is 5.92 Å². The predicted octanol–water partition coefficient (Wildman–Crippen LogP) is 1.05. The Hall–Kier alpha value is -0.130. The van der Waals surface area contributed by atoms with Gasteiger partial charge >= 0.3 is 0 Å². The van der Waals surface area contributed by atoms with Gasteiger partial charge in [0.05, 0.1) is 5.75 Å². The van der Waals surface area contributed by atoms with Crippen LogP contribution in [0.1, 0.15) is 33.6 Å². The van der Waals surface area contributed by atoms with Crippen LogP contribution in [0.15, 0.2) is 0 Å². The summed E-state index contributed by atoms with van der Waals surface area (Å²) in [6, 6.07) is 0.121. The Kier molecular flexibility index (Phi) is 5.21. The normalized spacial score (nSPS) is 23.9. The Balaban J connectivity index is 2.74. The summed E-state index contributed by atoms with van der Waals surface area (Å²) in [5.41, 5.74) is 0. The summed E-state index contributed by atoms with van der Waals surface area (Å²) >= 11 is 0. The molecule has 4 nitrogen and oxygen atoms in total. The molecular weight excluding hydrogens is 224 g/mol. The molecule has 0 spiro atoms. The lowest BCUT2D eigenvalue weighted by molar-refractivity contribution is 0.217. The summed E-state index contributed by atoms with van der Waals surface area (Å²) in [6.45, 7) is 8.36. The number of rotatable bonds is 5. The molecule has 0 saturated carbocycles. The second-order valence-corrected chi connectivity index (χ2v) is 6.84. The van der Waals surface area contributed by atoms with Crippen molar-refractivity contribution in [3.05, 3.63) is 0 Å². The van der Waals surface area contributed by atoms with Crippen molar-refractivity contribution in [1.82, 2.24) is 9.62 Å². The molecule has 0 bridgehead atoms. The fourth-order valence-corrected chi connectivity index (χ4v) is 4.05. The van der Waals surface area contributed by atoms with E-state index in [1.807, 2.05) is 6.92 Å². The van der Waals surface area contributed by atoms with Crippen LogP contribution in [0.25, 0.3) is 0 Å². The van der Waals surface area contributed by atoms with Gasteiger partial charge in [-0.15, -0.1) is 0 Å². The van der Waals surface area contributed by atoms with Crippen molar-refractivity contribution in [2.24, 2.45) is 5.92 Å². The lowest BCUT2D eigenvalue weighted by atomic mass is 10.0. The molecule has 16 heavy (non-hydrogen) atoms. The van der Waals surface area contributed by atoms with Crippen molar-refractivity contribution in [3.8, 4) is 0 Å². The quantitative estimate of drug-likeness (QED) is 0.791. The molecule has 0 aromatic rings. The van der Waals surface area contributed by atoms with Gasteiger partial charge in [0, 0.05) is 25.7 Å². The minimum atomic E-state index is -3.05. The van der Waals surface area contributed by atoms with E-state index in [9.17, 15) is 8.42 Å². The second-order valence-electron chi connectivity index (χ2n) is 4.80. The SMILES string of the molecule is CCCCS(=O)(=O)N1CCNCC1C(C)C. The number of hydrogen-bond acceptors (Lipinski definition) is 3. The van der Waals surface area contributed by atoms with Gasteiger partial charge in [-0.25, -0.2) is 8.42 Å². The summed E-state index contributed by atoms with van der Waals surface area (Å²) in [5.74, 6) is 0.663. The van der Waals surface area contributed by atoms with Gasteiger partial charge < -0.3 is 5.32 Å². The van der Waals surface area contributed by atoms with E-state index in [1.54, 1.807) is 4.31 Å². The third kappa shape index (κ3) is 3.43. The topological polar surface area (TPSA) is 49.4 Å². The number of nitrogens with zero attached hydrogens (tertiary/aromatic N) is 1. The molecule has 1 aliphatic rings. The minimum absolute atomic E-state index is 0.121. The highest BCUT2D eigenvalue weighted by molar-refractivity contribution is 7.89. The zero-order valence-corrected chi connectivity index (χ0v) is 11.4. The molecule has 5 heteroatoms. The Labute approximate surface area is 99.5 Å². The first-order valence-corrected chi connectivity index (χ1v) is 7.80. The molecule has 1 aliphatic heterocycles. The number of hydrogen-bond donors (Lipinski definition) is 1. The van der Waals surface area contributed by atoms with Gasteiger partial charge in [0.2, 0.25) is 10.0 Å². The van der Waals surface area contributed by atoms with Crippen LogP contribution in [-0.4, -0.2) is 44.2 Å². The minimum Gasteiger partial charge on any atom is -0.314 e. The van der Waals surface area contributed by atoms with E-state index in [0.717, 1.165) is 25.9 Å². The van der Waals surface area contributed by atoms with E-state index in [1.165, 1.54) is 0 Å². The van der Waals surface area contributed by atoms with E-state index in [2.05, 4.69) is 19.2 Å². The number of nitrogens with one attached hydrogen (secondary N) is 1. The molecule has 1 unspecified atom stereocenters. The van der Waals surface area contributed by atoms with Gasteiger partial charge in [0.1, 0.15) is 0 Å². The number of unbranched alkanes of at least 4 members (excludes halogenated alkanes) is 1. The van der Waals surface area contributed by atoms with Crippen molar-refractivity contribution >= 4 is 10.0 Å². The van der Waals surface area contributed by atoms with Gasteiger partial charge in [-0.1, -0.05) is 27.2 Å². The number of piperazine rings is 1. The van der Waals surface area contributed by atoms with Gasteiger partial charge in [-0.3, -0.25) is 0 Å². The molecule has 0 aliphatic carbocycles. The predicted molar refractivity (Wildman–Crippen MR) is 66.9 cm³/mol. The van der Waals surface area contributed by atoms with Crippen LogP contribution in [0.5, 0.6) is 0 Å². The van der Waals surface area contributed by atoms with Gasteiger partial charge in [-0.05, 0) is 12.3 Å². The van der Waals surface area contributed by atoms with Crippen LogP contribution in [0.3, 0.4) is 0 Å². The summed E-state index contributed by atoms with van der Waals surface area (Å²) < 4.78 is 26.0. The monoisotopic (exact) mass is 248 g/mol. The largest absolute Gasteiger partial charge is 0.314 e. The molecule has 0 radical (unpaired) electrons. The third-order valence-electron chi connectivity index (χ3n) is 3.12. The van der Waals surface area contributed by atoms with E-state index in [0.29, 0.717) is 18.2 Å². The molecule has 1 rings (SSSR count). The molecule has 1 fully saturated rings. The van der Waals surface area contributed by atoms with Crippen LogP contribution >= 0.6 is 0 Å². The molecule has 96 valence electrons. The Morgan fingerprint density at radius 3 is 2.69 bits per heavy atom. The highest BCUT2D eigenvalue weighted by atomic mass is 32.2. The first-order chi connectivity index (χ1) is 7.49. The Bertz CT molecular complexity index is 301. The Morgan fingerprint density at radius 2 is 2.12 bits per heavy atom. The summed E-state index contributed by atoms with van der Waals surface area (Å²) in [4.78, 5) is 0. The van der Waals surface area contributed by atoms with Crippen LogP contribution < -0.4 is 5.32 Å². The second kappa shape index (κ2) is 5.98. The van der Waals surface area contributed by atoms with Crippen molar-refractivity contribution < 1.29 is 8.42 Å². The first kappa shape index (κ1) is 13.9. The van der Waals surface area contributed by atoms with Gasteiger partial charge in [0.15, 0.2) is 0 Å². The van der Waals surface area contributed by atoms with E-state index in [4.69, 9.17) is 0 Å². The average molecular weight is 248 g/mol. The molecule has 1 heterocycles. The smallest absolute Gasteiger partial charge is 0.214 e. The number of sulfonamides is 1. The average Bonchev–Trinajstić information content (AvgIpc) is 2.26. The van der Waals surface area contributed by atoms with E-state index < -0.39 is 10.0 Å². The third-order valence-corrected chi connectivity index (χ3v) is 5.09. The molecule has 0 aromatic carbocycles. The summed E-state index contributed by atoms with van der Waals surface area (Å²) in [5, 5.41) is 3.27. The molecular formula is C11H24N2O2S. The maximum Gasteiger partial charge on any atom is 0.214 e. The zero-order chi connectivity index (χ0) is 12.2. The van der Waals surface area contributed by atoms with Gasteiger partial charge in [0.25, 0.3) is 0 Å². The molecule has 1 saturated heterocycles. The van der Waals surface area contributed by atoms with Crippen LogP contribution in [0.2, 0.25) is 0 Å². The fourth-order valence-electron chi connectivity index (χ4n) is 2.06. The standard InChI is InChI=1S/C11H24N2O2S/c1-4-5-8-16(14,15)13-7-6-12-9-11(13)10(2)3/h10-12H,4-9H2,1-3H3. The van der Waals surface area contributed by atoms with E-state index in [-0.39, 0.29) is 6.04 Å². The lowest BCUT2D eigenvalue weighted by Gasteiger charge is -2.37. The fraction of sp³-hybridized carbons (Fsp3) is 1.00. The summed E-state index contributed by atoms with van der Waals surface area (Å²) in [7, 11) is -3.05. The highest BCUT2D eigenvalue weighted by Crippen LogP contribution is 2.18. The van der Waals surface area contributed by atoms with Crippen LogP contribution in [0.4, 0.5) is 0 Å². The molecule has 1 N–H and O–H groups in total. The first-order valence-electron chi connectivity index (χ1n) is 6.19. The van der Waals surface area contributed by atoms with Crippen LogP contribution in [-0.2, 0) is 10.0 Å². The highest BCUT2D eigenvalue weighted by Gasteiger charge is 2.33. The summed E-state index contributed by atoms with van der Waals surface area (Å²) in [6.07, 6.45) is 1.69. The van der Waals surface area contributed by atoms with Crippen molar-refractivity contribution in [2.75, 3.05) is 25.4 Å². The molecule has 1 atom stereocenters. The van der Waals surface area contributed by atoms with Crippen molar-refractivity contribution in [1.29, 1.82) is 0 Å². The lowest BCUT2D eigenvalue weighted by Crippen LogP contribution is -2.56. The maximum atomic E-state index is 12.2. The van der Waals surface area contributed by atoms with E-state index >= 15 is 0 Å². The zero-order valence-electron chi connectivity index (χ0n) is 10.6. The van der Waals surface area contributed by atoms with Crippen molar-refractivity contribution in [2.45, 2.75) is 39.7 Å². The van der Waals surface area contributed by atoms with Crippen molar-refractivity contribution in [3.63, 3.8) is 0 Å². The Morgan fingerprint density at radius 1 is 1.44 bits per heavy atom. The molecule has 0 aromatic heterocycles. The maximum absolute atomic E-state index is 12.2. The van der Waals surface area contributed by atoms with Gasteiger partial charge in [-0.2, -0.15) is 4.31 Å². The molecule has 0 amide bonds.